The zero-order valence-electron chi connectivity index (χ0n) is 17.3. The van der Waals surface area contributed by atoms with Crippen LogP contribution in [0.1, 0.15) is 27.2 Å². The summed E-state index contributed by atoms with van der Waals surface area (Å²) < 4.78 is 1.70. The molecule has 8 heteroatoms. The normalized spacial score (nSPS) is 15.2. The first-order chi connectivity index (χ1) is 15.3. The lowest BCUT2D eigenvalue weighted by atomic mass is 10.1. The SMILES string of the molecule is Cc1ccc(N2C(=O)NC(=O)C(=Cc3cccn3-c3ccc(C(=O)O)cc3)C2=O)cc1C. The minimum absolute atomic E-state index is 0.144. The molecule has 1 aliphatic rings. The molecule has 1 aliphatic heterocycles. The monoisotopic (exact) mass is 429 g/mol. The van der Waals surface area contributed by atoms with Gasteiger partial charge in [-0.2, -0.15) is 0 Å². The first kappa shape index (κ1) is 20.8. The van der Waals surface area contributed by atoms with Crippen LogP contribution < -0.4 is 10.2 Å². The van der Waals surface area contributed by atoms with Crippen molar-refractivity contribution in [3.05, 3.63) is 88.8 Å². The summed E-state index contributed by atoms with van der Waals surface area (Å²) in [5, 5.41) is 11.3. The van der Waals surface area contributed by atoms with Crippen molar-refractivity contribution in [2.24, 2.45) is 0 Å². The van der Waals surface area contributed by atoms with Gasteiger partial charge in [0.1, 0.15) is 5.57 Å². The molecule has 4 amide bonds. The number of nitrogens with one attached hydrogen (secondary N) is 1. The van der Waals surface area contributed by atoms with Gasteiger partial charge in [-0.1, -0.05) is 6.07 Å². The van der Waals surface area contributed by atoms with Gasteiger partial charge in [-0.15, -0.1) is 0 Å². The Balaban J connectivity index is 1.72. The van der Waals surface area contributed by atoms with Crippen LogP contribution in [0.4, 0.5) is 10.5 Å². The largest absolute Gasteiger partial charge is 0.478 e. The van der Waals surface area contributed by atoms with E-state index in [4.69, 9.17) is 5.11 Å². The summed E-state index contributed by atoms with van der Waals surface area (Å²) in [6.07, 6.45) is 3.13. The number of aromatic nitrogens is 1. The van der Waals surface area contributed by atoms with Crippen LogP contribution in [0.3, 0.4) is 0 Å². The minimum Gasteiger partial charge on any atom is -0.478 e. The molecule has 1 saturated heterocycles. The summed E-state index contributed by atoms with van der Waals surface area (Å²) in [5.74, 6) is -2.54. The van der Waals surface area contributed by atoms with E-state index >= 15 is 0 Å². The molecule has 0 radical (unpaired) electrons. The number of imide groups is 2. The van der Waals surface area contributed by atoms with E-state index in [1.54, 1.807) is 53.2 Å². The lowest BCUT2D eigenvalue weighted by molar-refractivity contribution is -0.122. The van der Waals surface area contributed by atoms with E-state index in [0.29, 0.717) is 17.1 Å². The zero-order chi connectivity index (χ0) is 23.0. The lowest BCUT2D eigenvalue weighted by Gasteiger charge is -2.27. The van der Waals surface area contributed by atoms with Crippen LogP contribution in [-0.4, -0.2) is 33.5 Å². The zero-order valence-corrected chi connectivity index (χ0v) is 17.3. The molecule has 32 heavy (non-hydrogen) atoms. The highest BCUT2D eigenvalue weighted by atomic mass is 16.4. The van der Waals surface area contributed by atoms with Crippen LogP contribution in [0.25, 0.3) is 11.8 Å². The number of urea groups is 1. The Morgan fingerprint density at radius 3 is 2.28 bits per heavy atom. The van der Waals surface area contributed by atoms with Gasteiger partial charge in [0, 0.05) is 17.6 Å². The Bertz CT molecular complexity index is 1300. The van der Waals surface area contributed by atoms with Crippen LogP contribution in [0.5, 0.6) is 0 Å². The van der Waals surface area contributed by atoms with Gasteiger partial charge in [0.15, 0.2) is 0 Å². The molecule has 2 N–H and O–H groups in total. The molecule has 0 saturated carbocycles. The highest BCUT2D eigenvalue weighted by molar-refractivity contribution is 6.39. The fourth-order valence-corrected chi connectivity index (χ4v) is 3.42. The van der Waals surface area contributed by atoms with Crippen LogP contribution >= 0.6 is 0 Å². The third-order valence-corrected chi connectivity index (χ3v) is 5.32. The Morgan fingerprint density at radius 2 is 1.62 bits per heavy atom. The number of aryl methyl sites for hydroxylation is 2. The standard InChI is InChI=1S/C24H19N3O5/c1-14-5-8-19(12-15(14)2)27-22(29)20(21(28)25-24(27)32)13-18-4-3-11-26(18)17-9-6-16(7-10-17)23(30)31/h3-13H,1-2H3,(H,30,31)(H,25,28,32). The molecule has 0 unspecified atom stereocenters. The average Bonchev–Trinajstić information content (AvgIpc) is 3.22. The topological polar surface area (TPSA) is 109 Å². The molecule has 0 atom stereocenters. The molecule has 2 heterocycles. The number of amides is 4. The van der Waals surface area contributed by atoms with Crippen molar-refractivity contribution in [3.8, 4) is 5.69 Å². The number of hydrogen-bond donors (Lipinski definition) is 2. The molecule has 2 aromatic carbocycles. The van der Waals surface area contributed by atoms with E-state index in [1.165, 1.54) is 18.2 Å². The van der Waals surface area contributed by atoms with Crippen molar-refractivity contribution in [2.75, 3.05) is 4.90 Å². The second-order valence-electron chi connectivity index (χ2n) is 7.38. The van der Waals surface area contributed by atoms with Crippen molar-refractivity contribution in [3.63, 3.8) is 0 Å². The first-order valence-electron chi connectivity index (χ1n) is 9.76. The van der Waals surface area contributed by atoms with Gasteiger partial charge in [-0.25, -0.2) is 14.5 Å². The number of barbiturate groups is 1. The number of hydrogen-bond acceptors (Lipinski definition) is 4. The number of rotatable bonds is 4. The number of benzene rings is 2. The van der Waals surface area contributed by atoms with Gasteiger partial charge in [0.2, 0.25) is 0 Å². The molecule has 0 aliphatic carbocycles. The second-order valence-corrected chi connectivity index (χ2v) is 7.38. The molecule has 8 nitrogen and oxygen atoms in total. The van der Waals surface area contributed by atoms with Crippen LogP contribution in [0.2, 0.25) is 0 Å². The van der Waals surface area contributed by atoms with E-state index in [2.05, 4.69) is 5.32 Å². The third-order valence-electron chi connectivity index (χ3n) is 5.32. The third kappa shape index (κ3) is 3.69. The van der Waals surface area contributed by atoms with E-state index < -0.39 is 23.8 Å². The number of carboxylic acid groups (broad SMARTS) is 1. The molecule has 0 bridgehead atoms. The fourth-order valence-electron chi connectivity index (χ4n) is 3.42. The predicted molar refractivity (Wildman–Crippen MR) is 118 cm³/mol. The summed E-state index contributed by atoms with van der Waals surface area (Å²) in [6, 6.07) is 14.0. The van der Waals surface area contributed by atoms with E-state index in [0.717, 1.165) is 16.0 Å². The molecule has 4 rings (SSSR count). The van der Waals surface area contributed by atoms with Crippen molar-refractivity contribution in [1.29, 1.82) is 0 Å². The van der Waals surface area contributed by atoms with Crippen molar-refractivity contribution < 1.29 is 24.3 Å². The second kappa shape index (κ2) is 7.99. The Labute approximate surface area is 183 Å². The molecular formula is C24H19N3O5. The van der Waals surface area contributed by atoms with E-state index in [-0.39, 0.29) is 11.1 Å². The van der Waals surface area contributed by atoms with E-state index in [1.807, 2.05) is 13.8 Å². The predicted octanol–water partition coefficient (Wildman–Crippen LogP) is 3.46. The number of aromatic carboxylic acids is 1. The summed E-state index contributed by atoms with van der Waals surface area (Å²) in [6.45, 7) is 3.79. The van der Waals surface area contributed by atoms with Crippen molar-refractivity contribution >= 4 is 35.6 Å². The first-order valence-corrected chi connectivity index (χ1v) is 9.76. The minimum atomic E-state index is -1.04. The highest BCUT2D eigenvalue weighted by Crippen LogP contribution is 2.25. The van der Waals surface area contributed by atoms with Crippen LogP contribution in [-0.2, 0) is 9.59 Å². The van der Waals surface area contributed by atoms with Crippen molar-refractivity contribution in [2.45, 2.75) is 13.8 Å². The van der Waals surface area contributed by atoms with Crippen LogP contribution in [0.15, 0.2) is 66.4 Å². The van der Waals surface area contributed by atoms with Gasteiger partial charge in [-0.05, 0) is 79.6 Å². The maximum Gasteiger partial charge on any atom is 0.335 e. The summed E-state index contributed by atoms with van der Waals surface area (Å²) in [5.41, 5.74) is 3.41. The smallest absolute Gasteiger partial charge is 0.335 e. The molecule has 3 aromatic rings. The Hall–Kier alpha value is -4.46. The number of carbonyl (C=O) groups excluding carboxylic acids is 3. The van der Waals surface area contributed by atoms with Gasteiger partial charge in [0.05, 0.1) is 11.3 Å². The summed E-state index contributed by atoms with van der Waals surface area (Å²) in [4.78, 5) is 50.1. The number of nitrogens with zero attached hydrogens (tertiary/aromatic N) is 2. The molecule has 1 aromatic heterocycles. The number of anilines is 1. The average molecular weight is 429 g/mol. The van der Waals surface area contributed by atoms with Gasteiger partial charge in [-0.3, -0.25) is 14.9 Å². The summed E-state index contributed by atoms with van der Waals surface area (Å²) >= 11 is 0. The van der Waals surface area contributed by atoms with Crippen molar-refractivity contribution in [1.82, 2.24) is 9.88 Å². The molecular weight excluding hydrogens is 410 g/mol. The van der Waals surface area contributed by atoms with Gasteiger partial charge >= 0.3 is 12.0 Å². The quantitative estimate of drug-likeness (QED) is 0.488. The molecule has 0 spiro atoms. The Kier molecular flexibility index (Phi) is 5.19. The highest BCUT2D eigenvalue weighted by Gasteiger charge is 2.37. The van der Waals surface area contributed by atoms with E-state index in [9.17, 15) is 19.2 Å². The number of carboxylic acids is 1. The van der Waals surface area contributed by atoms with Crippen LogP contribution in [0, 0.1) is 13.8 Å². The van der Waals surface area contributed by atoms with Gasteiger partial charge in [0.25, 0.3) is 11.8 Å². The van der Waals surface area contributed by atoms with Gasteiger partial charge < -0.3 is 9.67 Å². The fraction of sp³-hybridized carbons (Fsp3) is 0.0833. The lowest BCUT2D eigenvalue weighted by Crippen LogP contribution is -2.54. The Morgan fingerprint density at radius 1 is 0.938 bits per heavy atom. The summed E-state index contributed by atoms with van der Waals surface area (Å²) in [7, 11) is 0. The molecule has 1 fully saturated rings. The maximum atomic E-state index is 13.1. The maximum absolute atomic E-state index is 13.1. The molecule has 160 valence electrons. The number of carbonyl (C=O) groups is 4.